The average molecular weight is 293 g/mol. The van der Waals surface area contributed by atoms with E-state index in [9.17, 15) is 14.9 Å². The molecular weight excluding hydrogens is 272 g/mol. The molecule has 0 aliphatic carbocycles. The molecule has 3 N–H and O–H groups in total. The largest absolute Gasteiger partial charge is 0.338 e. The van der Waals surface area contributed by atoms with Crippen LogP contribution in [0, 0.1) is 10.1 Å². The zero-order chi connectivity index (χ0) is 15.1. The lowest BCUT2D eigenvalue weighted by atomic mass is 10.3. The van der Waals surface area contributed by atoms with Crippen LogP contribution in [0.5, 0.6) is 0 Å². The maximum atomic E-state index is 11.7. The normalized spacial score (nSPS) is 14.9. The Bertz CT molecular complexity index is 501. The van der Waals surface area contributed by atoms with Gasteiger partial charge in [-0.2, -0.15) is 0 Å². The highest BCUT2D eigenvalue weighted by molar-refractivity contribution is 5.91. The van der Waals surface area contributed by atoms with Gasteiger partial charge in [-0.25, -0.2) is 4.79 Å². The molecule has 2 rings (SSSR count). The molecule has 1 saturated heterocycles. The van der Waals surface area contributed by atoms with Gasteiger partial charge in [0.15, 0.2) is 0 Å². The van der Waals surface area contributed by atoms with Crippen LogP contribution >= 0.6 is 0 Å². The summed E-state index contributed by atoms with van der Waals surface area (Å²) in [6, 6.07) is 5.71. The van der Waals surface area contributed by atoms with Crippen molar-refractivity contribution in [2.45, 2.75) is 19.3 Å². The van der Waals surface area contributed by atoms with Gasteiger partial charge in [-0.15, -0.1) is 0 Å². The minimum Gasteiger partial charge on any atom is -0.338 e. The number of para-hydroxylation sites is 2. The van der Waals surface area contributed by atoms with Crippen molar-refractivity contribution in [2.24, 2.45) is 0 Å². The number of anilines is 1. The van der Waals surface area contributed by atoms with Crippen LogP contribution in [0.1, 0.15) is 19.3 Å². The predicted molar refractivity (Wildman–Crippen MR) is 79.5 cm³/mol. The summed E-state index contributed by atoms with van der Waals surface area (Å²) in [6.07, 6.45) is 3.50. The van der Waals surface area contributed by atoms with Gasteiger partial charge in [0.1, 0.15) is 5.69 Å². The van der Waals surface area contributed by atoms with Crippen molar-refractivity contribution in [3.63, 3.8) is 0 Å². The number of nitro groups is 1. The fourth-order valence-electron chi connectivity index (χ4n) is 2.57. The molecule has 1 heterocycles. The lowest BCUT2D eigenvalue weighted by Gasteiger charge is -2.12. The lowest BCUT2D eigenvalue weighted by Crippen LogP contribution is -3.10. The number of nitrogens with one attached hydrogen (secondary N) is 3. The Balaban J connectivity index is 1.73. The van der Waals surface area contributed by atoms with Crippen molar-refractivity contribution in [1.82, 2.24) is 5.32 Å². The number of nitrogens with zero attached hydrogens (tertiary/aromatic N) is 1. The zero-order valence-corrected chi connectivity index (χ0v) is 11.9. The Hall–Kier alpha value is -2.15. The molecule has 0 saturated carbocycles. The second kappa shape index (κ2) is 7.58. The van der Waals surface area contributed by atoms with Crippen molar-refractivity contribution >= 4 is 17.4 Å². The molecule has 0 radical (unpaired) electrons. The highest BCUT2D eigenvalue weighted by Crippen LogP contribution is 2.22. The van der Waals surface area contributed by atoms with Crippen LogP contribution in [0.25, 0.3) is 0 Å². The van der Waals surface area contributed by atoms with Gasteiger partial charge in [-0.05, 0) is 6.07 Å². The maximum absolute atomic E-state index is 11.7. The fourth-order valence-corrected chi connectivity index (χ4v) is 2.57. The molecule has 1 aliphatic rings. The Kier molecular flexibility index (Phi) is 5.51. The molecule has 0 spiro atoms. The lowest BCUT2D eigenvalue weighted by molar-refractivity contribution is -0.887. The van der Waals surface area contributed by atoms with E-state index in [-0.39, 0.29) is 11.4 Å². The van der Waals surface area contributed by atoms with Crippen LogP contribution in [-0.4, -0.2) is 37.1 Å². The first-order valence-electron chi connectivity index (χ1n) is 7.28. The number of nitro benzene ring substituents is 1. The number of quaternary nitrogens is 1. The predicted octanol–water partition coefficient (Wildman–Crippen LogP) is 0.785. The first-order valence-corrected chi connectivity index (χ1v) is 7.28. The van der Waals surface area contributed by atoms with E-state index >= 15 is 0 Å². The highest BCUT2D eigenvalue weighted by atomic mass is 16.6. The van der Waals surface area contributed by atoms with E-state index in [1.807, 2.05) is 0 Å². The van der Waals surface area contributed by atoms with Crippen LogP contribution in [0.3, 0.4) is 0 Å². The minimum atomic E-state index is -0.508. The van der Waals surface area contributed by atoms with E-state index in [1.165, 1.54) is 38.1 Å². The molecule has 1 aromatic carbocycles. The van der Waals surface area contributed by atoms with E-state index in [0.717, 1.165) is 13.0 Å². The van der Waals surface area contributed by atoms with Gasteiger partial charge in [0, 0.05) is 31.9 Å². The molecule has 7 heteroatoms. The highest BCUT2D eigenvalue weighted by Gasteiger charge is 2.16. The summed E-state index contributed by atoms with van der Waals surface area (Å²) in [5.41, 5.74) is 0.110. The van der Waals surface area contributed by atoms with Crippen molar-refractivity contribution < 1.29 is 14.6 Å². The van der Waals surface area contributed by atoms with Gasteiger partial charge in [0.05, 0.1) is 24.6 Å². The number of hydrogen-bond acceptors (Lipinski definition) is 3. The minimum absolute atomic E-state index is 0.103. The Morgan fingerprint density at radius 3 is 2.71 bits per heavy atom. The molecule has 21 heavy (non-hydrogen) atoms. The van der Waals surface area contributed by atoms with Crippen molar-refractivity contribution in [3.8, 4) is 0 Å². The molecular formula is C14H21N4O3+. The van der Waals surface area contributed by atoms with Crippen LogP contribution in [0.15, 0.2) is 24.3 Å². The number of carbonyl (C=O) groups is 1. The van der Waals surface area contributed by atoms with Crippen LogP contribution in [-0.2, 0) is 0 Å². The monoisotopic (exact) mass is 293 g/mol. The number of benzene rings is 1. The van der Waals surface area contributed by atoms with E-state index < -0.39 is 11.0 Å². The molecule has 0 atom stereocenters. The number of rotatable bonds is 6. The molecule has 0 unspecified atom stereocenters. The van der Waals surface area contributed by atoms with Crippen molar-refractivity contribution in [1.29, 1.82) is 0 Å². The molecule has 2 amide bonds. The van der Waals surface area contributed by atoms with Crippen LogP contribution in [0.4, 0.5) is 16.2 Å². The van der Waals surface area contributed by atoms with Gasteiger partial charge < -0.3 is 15.5 Å². The Morgan fingerprint density at radius 2 is 2.00 bits per heavy atom. The average Bonchev–Trinajstić information content (AvgIpc) is 2.97. The van der Waals surface area contributed by atoms with Gasteiger partial charge in [-0.1, -0.05) is 12.1 Å². The van der Waals surface area contributed by atoms with Gasteiger partial charge in [0.25, 0.3) is 5.69 Å². The van der Waals surface area contributed by atoms with E-state index in [4.69, 9.17) is 0 Å². The first-order chi connectivity index (χ1) is 10.2. The summed E-state index contributed by atoms with van der Waals surface area (Å²) in [6.45, 7) is 4.09. The zero-order valence-electron chi connectivity index (χ0n) is 11.9. The fraction of sp³-hybridized carbons (Fsp3) is 0.500. The first kappa shape index (κ1) is 15.2. The number of likely N-dealkylation sites (tertiary alicyclic amines) is 1. The van der Waals surface area contributed by atoms with Gasteiger partial charge in [-0.3, -0.25) is 10.1 Å². The van der Waals surface area contributed by atoms with Crippen molar-refractivity contribution in [2.75, 3.05) is 31.5 Å². The molecule has 1 aliphatic heterocycles. The SMILES string of the molecule is O=C(NCCC[NH+]1CCCC1)Nc1ccccc1[N+](=O)[O-]. The van der Waals surface area contributed by atoms with E-state index in [0.29, 0.717) is 6.54 Å². The summed E-state index contributed by atoms with van der Waals surface area (Å²) in [5.74, 6) is 0. The topological polar surface area (TPSA) is 88.7 Å². The Morgan fingerprint density at radius 1 is 1.29 bits per heavy atom. The smallest absolute Gasteiger partial charge is 0.319 e. The van der Waals surface area contributed by atoms with Gasteiger partial charge in [0.2, 0.25) is 0 Å². The Labute approximate surface area is 123 Å². The maximum Gasteiger partial charge on any atom is 0.319 e. The molecule has 0 bridgehead atoms. The number of hydrogen-bond donors (Lipinski definition) is 3. The number of carbonyl (C=O) groups excluding carboxylic acids is 1. The second-order valence-corrected chi connectivity index (χ2v) is 5.22. The quantitative estimate of drug-likeness (QED) is 0.411. The summed E-state index contributed by atoms with van der Waals surface area (Å²) in [5, 5.41) is 16.1. The van der Waals surface area contributed by atoms with Crippen LogP contribution < -0.4 is 15.5 Å². The third-order valence-electron chi connectivity index (χ3n) is 3.65. The molecule has 7 nitrogen and oxygen atoms in total. The third kappa shape index (κ3) is 4.71. The summed E-state index contributed by atoms with van der Waals surface area (Å²) < 4.78 is 0. The molecule has 1 aromatic rings. The van der Waals surface area contributed by atoms with Crippen LogP contribution in [0.2, 0.25) is 0 Å². The second-order valence-electron chi connectivity index (χ2n) is 5.22. The van der Waals surface area contributed by atoms with E-state index in [1.54, 1.807) is 17.0 Å². The standard InChI is InChI=1S/C14H20N4O3/c19-14(15-8-5-11-17-9-3-4-10-17)16-12-6-1-2-7-13(12)18(20)21/h1-2,6-7H,3-5,8-11H2,(H2,15,16,19)/p+1. The summed E-state index contributed by atoms with van der Waals surface area (Å²) >= 11 is 0. The number of amides is 2. The number of urea groups is 1. The van der Waals surface area contributed by atoms with E-state index in [2.05, 4.69) is 10.6 Å². The van der Waals surface area contributed by atoms with Gasteiger partial charge >= 0.3 is 6.03 Å². The molecule has 114 valence electrons. The molecule has 1 fully saturated rings. The van der Waals surface area contributed by atoms with Crippen molar-refractivity contribution in [3.05, 3.63) is 34.4 Å². The summed E-state index contributed by atoms with van der Waals surface area (Å²) in [7, 11) is 0. The third-order valence-corrected chi connectivity index (χ3v) is 3.65. The summed E-state index contributed by atoms with van der Waals surface area (Å²) in [4.78, 5) is 23.7. The molecule has 0 aromatic heterocycles.